The smallest absolute Gasteiger partial charge is 0.303 e. The molecular formula is C12H16N2O4. The van der Waals surface area contributed by atoms with Crippen LogP contribution in [0.2, 0.25) is 0 Å². The van der Waals surface area contributed by atoms with Crippen LogP contribution in [-0.4, -0.2) is 29.1 Å². The number of nitro benzene ring substituents is 1. The number of para-hydroxylation sites is 1. The van der Waals surface area contributed by atoms with Crippen LogP contribution in [-0.2, 0) is 11.2 Å². The summed E-state index contributed by atoms with van der Waals surface area (Å²) in [6.07, 6.45) is 1.26. The molecule has 0 bridgehead atoms. The van der Waals surface area contributed by atoms with Crippen molar-refractivity contribution in [3.63, 3.8) is 0 Å². The second-order valence-corrected chi connectivity index (χ2v) is 3.88. The lowest BCUT2D eigenvalue weighted by molar-refractivity contribution is -0.385. The summed E-state index contributed by atoms with van der Waals surface area (Å²) in [7, 11) is 0. The topological polar surface area (TPSA) is 92.5 Å². The van der Waals surface area contributed by atoms with E-state index in [1.54, 1.807) is 18.2 Å². The van der Waals surface area contributed by atoms with Crippen molar-refractivity contribution in [2.24, 2.45) is 0 Å². The fourth-order valence-electron chi connectivity index (χ4n) is 1.61. The van der Waals surface area contributed by atoms with E-state index in [1.165, 1.54) is 6.07 Å². The highest BCUT2D eigenvalue weighted by molar-refractivity contribution is 5.66. The SMILES string of the molecule is O=C(O)CCCNCCc1ccccc1[N+](=O)[O-]. The molecule has 0 saturated carbocycles. The number of nitrogens with one attached hydrogen (secondary N) is 1. The highest BCUT2D eigenvalue weighted by Gasteiger charge is 2.11. The van der Waals surface area contributed by atoms with Crippen molar-refractivity contribution < 1.29 is 14.8 Å². The van der Waals surface area contributed by atoms with Crippen molar-refractivity contribution in [3.8, 4) is 0 Å². The summed E-state index contributed by atoms with van der Waals surface area (Å²) in [6, 6.07) is 6.63. The largest absolute Gasteiger partial charge is 0.481 e. The second kappa shape index (κ2) is 7.39. The lowest BCUT2D eigenvalue weighted by Crippen LogP contribution is -2.19. The Balaban J connectivity index is 2.31. The van der Waals surface area contributed by atoms with Crippen LogP contribution in [0.4, 0.5) is 5.69 Å². The van der Waals surface area contributed by atoms with Gasteiger partial charge in [0, 0.05) is 18.1 Å². The Labute approximate surface area is 105 Å². The van der Waals surface area contributed by atoms with Gasteiger partial charge in [0.2, 0.25) is 0 Å². The third-order valence-electron chi connectivity index (χ3n) is 2.50. The van der Waals surface area contributed by atoms with Crippen molar-refractivity contribution in [1.82, 2.24) is 5.32 Å². The summed E-state index contributed by atoms with van der Waals surface area (Å²) in [5, 5.41) is 22.3. The zero-order valence-electron chi connectivity index (χ0n) is 9.96. The van der Waals surface area contributed by atoms with E-state index in [9.17, 15) is 14.9 Å². The number of hydrogen-bond acceptors (Lipinski definition) is 4. The van der Waals surface area contributed by atoms with Gasteiger partial charge in [0.1, 0.15) is 0 Å². The lowest BCUT2D eigenvalue weighted by atomic mass is 10.1. The zero-order valence-corrected chi connectivity index (χ0v) is 9.96. The maximum Gasteiger partial charge on any atom is 0.303 e. The van der Waals surface area contributed by atoms with Crippen LogP contribution in [0.1, 0.15) is 18.4 Å². The van der Waals surface area contributed by atoms with Gasteiger partial charge in [0.25, 0.3) is 5.69 Å². The third kappa shape index (κ3) is 4.92. The molecule has 6 heteroatoms. The lowest BCUT2D eigenvalue weighted by Gasteiger charge is -2.04. The number of carboxylic acid groups (broad SMARTS) is 1. The Morgan fingerprint density at radius 1 is 1.33 bits per heavy atom. The van der Waals surface area contributed by atoms with Crippen LogP contribution >= 0.6 is 0 Å². The number of hydrogen-bond donors (Lipinski definition) is 2. The van der Waals surface area contributed by atoms with Gasteiger partial charge in [-0.15, -0.1) is 0 Å². The third-order valence-corrected chi connectivity index (χ3v) is 2.50. The first-order chi connectivity index (χ1) is 8.61. The molecular weight excluding hydrogens is 236 g/mol. The minimum Gasteiger partial charge on any atom is -0.481 e. The van der Waals surface area contributed by atoms with E-state index in [4.69, 9.17) is 5.11 Å². The van der Waals surface area contributed by atoms with Gasteiger partial charge in [-0.3, -0.25) is 14.9 Å². The average molecular weight is 252 g/mol. The van der Waals surface area contributed by atoms with Crippen molar-refractivity contribution in [1.29, 1.82) is 0 Å². The first-order valence-electron chi connectivity index (χ1n) is 5.76. The molecule has 0 aliphatic rings. The molecule has 0 aromatic heterocycles. The molecule has 6 nitrogen and oxygen atoms in total. The number of nitro groups is 1. The van der Waals surface area contributed by atoms with E-state index in [2.05, 4.69) is 5.32 Å². The van der Waals surface area contributed by atoms with E-state index in [-0.39, 0.29) is 17.0 Å². The predicted molar refractivity (Wildman–Crippen MR) is 66.5 cm³/mol. The summed E-state index contributed by atoms with van der Waals surface area (Å²) < 4.78 is 0. The van der Waals surface area contributed by atoms with Crippen molar-refractivity contribution in [3.05, 3.63) is 39.9 Å². The first-order valence-corrected chi connectivity index (χ1v) is 5.76. The van der Waals surface area contributed by atoms with Crippen LogP contribution in [0, 0.1) is 10.1 Å². The minimum atomic E-state index is -0.810. The highest BCUT2D eigenvalue weighted by Crippen LogP contribution is 2.17. The Morgan fingerprint density at radius 2 is 2.06 bits per heavy atom. The van der Waals surface area contributed by atoms with Crippen molar-refractivity contribution >= 4 is 11.7 Å². The van der Waals surface area contributed by atoms with Gasteiger partial charge in [0.15, 0.2) is 0 Å². The summed E-state index contributed by atoms with van der Waals surface area (Å²) in [5.41, 5.74) is 0.818. The molecule has 2 N–H and O–H groups in total. The molecule has 0 heterocycles. The second-order valence-electron chi connectivity index (χ2n) is 3.88. The molecule has 1 aromatic carbocycles. The normalized spacial score (nSPS) is 10.2. The molecule has 0 aliphatic carbocycles. The number of carboxylic acids is 1. The predicted octanol–water partition coefficient (Wildman–Crippen LogP) is 1.59. The van der Waals surface area contributed by atoms with Crippen LogP contribution in [0.25, 0.3) is 0 Å². The number of carbonyl (C=O) groups is 1. The van der Waals surface area contributed by atoms with Crippen LogP contribution in [0.5, 0.6) is 0 Å². The molecule has 0 atom stereocenters. The molecule has 18 heavy (non-hydrogen) atoms. The van der Waals surface area contributed by atoms with Gasteiger partial charge in [-0.05, 0) is 25.9 Å². The monoisotopic (exact) mass is 252 g/mol. The van der Waals surface area contributed by atoms with Gasteiger partial charge in [-0.25, -0.2) is 0 Å². The fourth-order valence-corrected chi connectivity index (χ4v) is 1.61. The molecule has 1 rings (SSSR count). The molecule has 98 valence electrons. The number of aliphatic carboxylic acids is 1. The van der Waals surface area contributed by atoms with Gasteiger partial charge in [0.05, 0.1) is 4.92 Å². The molecule has 0 unspecified atom stereocenters. The molecule has 0 saturated heterocycles. The molecule has 0 amide bonds. The Hall–Kier alpha value is -1.95. The molecule has 1 aromatic rings. The quantitative estimate of drug-likeness (QED) is 0.416. The Morgan fingerprint density at radius 3 is 2.72 bits per heavy atom. The number of nitrogens with zero attached hydrogens (tertiary/aromatic N) is 1. The maximum atomic E-state index is 10.8. The van der Waals surface area contributed by atoms with Gasteiger partial charge < -0.3 is 10.4 Å². The van der Waals surface area contributed by atoms with E-state index in [0.29, 0.717) is 31.5 Å². The Bertz CT molecular complexity index is 420. The summed E-state index contributed by atoms with van der Waals surface area (Å²) in [5.74, 6) is -0.810. The summed E-state index contributed by atoms with van der Waals surface area (Å²) >= 11 is 0. The summed E-state index contributed by atoms with van der Waals surface area (Å²) in [4.78, 5) is 20.6. The maximum absolute atomic E-state index is 10.8. The van der Waals surface area contributed by atoms with E-state index in [0.717, 1.165) is 0 Å². The van der Waals surface area contributed by atoms with E-state index < -0.39 is 5.97 Å². The summed E-state index contributed by atoms with van der Waals surface area (Å²) in [6.45, 7) is 1.21. The average Bonchev–Trinajstić information content (AvgIpc) is 2.33. The number of benzene rings is 1. The van der Waals surface area contributed by atoms with Gasteiger partial charge >= 0.3 is 5.97 Å². The van der Waals surface area contributed by atoms with Crippen LogP contribution in [0.3, 0.4) is 0 Å². The van der Waals surface area contributed by atoms with Gasteiger partial charge in [-0.1, -0.05) is 18.2 Å². The minimum absolute atomic E-state index is 0.129. The van der Waals surface area contributed by atoms with Gasteiger partial charge in [-0.2, -0.15) is 0 Å². The fraction of sp³-hybridized carbons (Fsp3) is 0.417. The van der Waals surface area contributed by atoms with E-state index in [1.807, 2.05) is 0 Å². The molecule has 0 fully saturated rings. The zero-order chi connectivity index (χ0) is 13.4. The standard InChI is InChI=1S/C12H16N2O4/c15-12(16)6-3-8-13-9-7-10-4-1-2-5-11(10)14(17)18/h1-2,4-5,13H,3,6-9H2,(H,15,16). The van der Waals surface area contributed by atoms with E-state index >= 15 is 0 Å². The molecule has 0 aliphatic heterocycles. The van der Waals surface area contributed by atoms with Crippen LogP contribution in [0.15, 0.2) is 24.3 Å². The first kappa shape index (κ1) is 14.1. The Kier molecular flexibility index (Phi) is 5.79. The van der Waals surface area contributed by atoms with Crippen molar-refractivity contribution in [2.75, 3.05) is 13.1 Å². The molecule has 0 radical (unpaired) electrons. The van der Waals surface area contributed by atoms with Crippen LogP contribution < -0.4 is 5.32 Å². The number of rotatable bonds is 8. The van der Waals surface area contributed by atoms with Crippen molar-refractivity contribution in [2.45, 2.75) is 19.3 Å². The highest BCUT2D eigenvalue weighted by atomic mass is 16.6. The molecule has 0 spiro atoms.